The molecule has 1 atom stereocenters. The van der Waals surface area contributed by atoms with E-state index in [0.717, 1.165) is 10.6 Å². The minimum atomic E-state index is -3.86. The number of benzene rings is 2. The van der Waals surface area contributed by atoms with Gasteiger partial charge in [0.05, 0.1) is 11.9 Å². The van der Waals surface area contributed by atoms with Crippen LogP contribution in [0.2, 0.25) is 15.1 Å². The summed E-state index contributed by atoms with van der Waals surface area (Å²) in [6.07, 6.45) is 1.31. The van der Waals surface area contributed by atoms with Crippen LogP contribution in [0.4, 0.5) is 5.69 Å². The summed E-state index contributed by atoms with van der Waals surface area (Å²) >= 11 is 18.8. The smallest absolute Gasteiger partial charge is 0.244 e. The van der Waals surface area contributed by atoms with Crippen LogP contribution in [0.5, 0.6) is 0 Å². The van der Waals surface area contributed by atoms with Crippen molar-refractivity contribution in [1.82, 2.24) is 10.2 Å². The minimum Gasteiger partial charge on any atom is -0.350 e. The highest BCUT2D eigenvalue weighted by molar-refractivity contribution is 7.92. The molecule has 0 aliphatic rings. The first-order valence-electron chi connectivity index (χ1n) is 11.3. The number of nitrogens with zero attached hydrogens (tertiary/aromatic N) is 2. The van der Waals surface area contributed by atoms with Crippen molar-refractivity contribution in [2.45, 2.75) is 59.2 Å². The molecule has 11 heteroatoms. The first-order chi connectivity index (χ1) is 16.5. The number of hydrogen-bond acceptors (Lipinski definition) is 4. The zero-order valence-electron chi connectivity index (χ0n) is 21.2. The van der Waals surface area contributed by atoms with Crippen molar-refractivity contribution in [3.63, 3.8) is 0 Å². The van der Waals surface area contributed by atoms with E-state index in [1.54, 1.807) is 50.2 Å². The van der Waals surface area contributed by atoms with Crippen molar-refractivity contribution in [1.29, 1.82) is 0 Å². The topological polar surface area (TPSA) is 86.8 Å². The van der Waals surface area contributed by atoms with E-state index >= 15 is 0 Å². The van der Waals surface area contributed by atoms with Crippen LogP contribution >= 0.6 is 34.8 Å². The zero-order chi connectivity index (χ0) is 27.4. The van der Waals surface area contributed by atoms with Crippen molar-refractivity contribution in [3.05, 3.63) is 62.6 Å². The monoisotopic (exact) mass is 575 g/mol. The minimum absolute atomic E-state index is 0.0788. The van der Waals surface area contributed by atoms with E-state index in [9.17, 15) is 18.0 Å². The standard InChI is InChI=1S/C25H32Cl3N3O4S/c1-7-21(24(33)29-25(3,4)5)30(14-18-19(27)9-8-10-20(18)28)23(32)15-31(36(6,34)35)22-12-11-17(26)13-16(22)2/h8-13,21H,7,14-15H2,1-6H3,(H,29,33). The molecule has 0 radical (unpaired) electrons. The molecule has 0 bridgehead atoms. The maximum absolute atomic E-state index is 13.8. The molecule has 0 aromatic heterocycles. The second-order valence-corrected chi connectivity index (χ2v) is 12.7. The number of carbonyl (C=O) groups is 2. The van der Waals surface area contributed by atoms with Crippen molar-refractivity contribution < 1.29 is 18.0 Å². The molecule has 0 saturated heterocycles. The number of hydrogen-bond donors (Lipinski definition) is 1. The predicted molar refractivity (Wildman–Crippen MR) is 147 cm³/mol. The molecule has 0 spiro atoms. The van der Waals surface area contributed by atoms with Crippen LogP contribution in [-0.4, -0.2) is 49.5 Å². The fourth-order valence-corrected chi connectivity index (χ4v) is 5.37. The maximum Gasteiger partial charge on any atom is 0.244 e. The first-order valence-corrected chi connectivity index (χ1v) is 14.3. The largest absolute Gasteiger partial charge is 0.350 e. The van der Waals surface area contributed by atoms with E-state index in [0.29, 0.717) is 31.9 Å². The molecular formula is C25H32Cl3N3O4S. The maximum atomic E-state index is 13.8. The van der Waals surface area contributed by atoms with Gasteiger partial charge in [-0.2, -0.15) is 0 Å². The van der Waals surface area contributed by atoms with E-state index in [2.05, 4.69) is 5.32 Å². The Balaban J connectivity index is 2.56. The third-order valence-electron chi connectivity index (χ3n) is 5.38. The summed E-state index contributed by atoms with van der Waals surface area (Å²) in [5, 5.41) is 4.01. The van der Waals surface area contributed by atoms with Crippen LogP contribution in [-0.2, 0) is 26.2 Å². The fraction of sp³-hybridized carbons (Fsp3) is 0.440. The Bertz CT molecular complexity index is 1210. The molecule has 7 nitrogen and oxygen atoms in total. The van der Waals surface area contributed by atoms with Gasteiger partial charge in [-0.15, -0.1) is 0 Å². The second-order valence-electron chi connectivity index (χ2n) is 9.59. The molecule has 0 fully saturated rings. The Hall–Kier alpha value is -2.00. The number of rotatable bonds is 9. The van der Waals surface area contributed by atoms with Gasteiger partial charge < -0.3 is 10.2 Å². The van der Waals surface area contributed by atoms with Gasteiger partial charge in [0.15, 0.2) is 0 Å². The van der Waals surface area contributed by atoms with Gasteiger partial charge in [-0.1, -0.05) is 47.8 Å². The second kappa shape index (κ2) is 12.0. The fourth-order valence-electron chi connectivity index (χ4n) is 3.72. The zero-order valence-corrected chi connectivity index (χ0v) is 24.3. The summed E-state index contributed by atoms with van der Waals surface area (Å²) in [4.78, 5) is 28.3. The molecule has 0 aliphatic heterocycles. The van der Waals surface area contributed by atoms with Gasteiger partial charge in [0.25, 0.3) is 0 Å². The van der Waals surface area contributed by atoms with Gasteiger partial charge in [-0.3, -0.25) is 13.9 Å². The lowest BCUT2D eigenvalue weighted by Gasteiger charge is -2.35. The van der Waals surface area contributed by atoms with Crippen molar-refractivity contribution in [2.75, 3.05) is 17.1 Å². The van der Waals surface area contributed by atoms with Gasteiger partial charge in [-0.25, -0.2) is 8.42 Å². The van der Waals surface area contributed by atoms with Gasteiger partial charge in [0, 0.05) is 32.7 Å². The van der Waals surface area contributed by atoms with E-state index in [4.69, 9.17) is 34.8 Å². The van der Waals surface area contributed by atoms with Crippen molar-refractivity contribution >= 4 is 62.3 Å². The highest BCUT2D eigenvalue weighted by Gasteiger charge is 2.34. The predicted octanol–water partition coefficient (Wildman–Crippen LogP) is 5.44. The lowest BCUT2D eigenvalue weighted by molar-refractivity contribution is -0.141. The molecule has 2 aromatic rings. The van der Waals surface area contributed by atoms with Crippen LogP contribution in [0.25, 0.3) is 0 Å². The van der Waals surface area contributed by atoms with Crippen LogP contribution in [0.15, 0.2) is 36.4 Å². The normalized spacial score (nSPS) is 12.7. The first kappa shape index (κ1) is 30.2. The Labute approximate surface area is 228 Å². The van der Waals surface area contributed by atoms with Gasteiger partial charge in [0.1, 0.15) is 12.6 Å². The van der Waals surface area contributed by atoms with E-state index < -0.39 is 34.1 Å². The number of nitrogens with one attached hydrogen (secondary N) is 1. The Morgan fingerprint density at radius 3 is 2.11 bits per heavy atom. The Morgan fingerprint density at radius 1 is 1.06 bits per heavy atom. The lowest BCUT2D eigenvalue weighted by atomic mass is 10.1. The van der Waals surface area contributed by atoms with E-state index in [-0.39, 0.29) is 18.9 Å². The number of halogens is 3. The number of anilines is 1. The molecule has 2 rings (SSSR count). The average molecular weight is 577 g/mol. The average Bonchev–Trinajstić information content (AvgIpc) is 2.72. The van der Waals surface area contributed by atoms with Crippen molar-refractivity contribution in [2.24, 2.45) is 0 Å². The summed E-state index contributed by atoms with van der Waals surface area (Å²) in [6, 6.07) is 8.79. The third-order valence-corrected chi connectivity index (χ3v) is 7.45. The quantitative estimate of drug-likeness (QED) is 0.430. The Morgan fingerprint density at radius 2 is 1.64 bits per heavy atom. The lowest BCUT2D eigenvalue weighted by Crippen LogP contribution is -2.55. The van der Waals surface area contributed by atoms with Crippen LogP contribution in [0.1, 0.15) is 45.2 Å². The molecule has 198 valence electrons. The molecule has 2 amide bonds. The highest BCUT2D eigenvalue weighted by atomic mass is 35.5. The summed E-state index contributed by atoms with van der Waals surface area (Å²) in [5.74, 6) is -0.947. The summed E-state index contributed by atoms with van der Waals surface area (Å²) in [6.45, 7) is 8.39. The number of carbonyl (C=O) groups excluding carboxylic acids is 2. The summed E-state index contributed by atoms with van der Waals surface area (Å²) in [5.41, 5.74) is 0.822. The van der Waals surface area contributed by atoms with Crippen LogP contribution in [0, 0.1) is 6.92 Å². The molecule has 0 aliphatic carbocycles. The number of amides is 2. The summed E-state index contributed by atoms with van der Waals surface area (Å²) in [7, 11) is -3.86. The molecule has 2 aromatic carbocycles. The Kier molecular flexibility index (Phi) is 10.1. The van der Waals surface area contributed by atoms with Crippen LogP contribution < -0.4 is 9.62 Å². The van der Waals surface area contributed by atoms with E-state index in [1.165, 1.54) is 4.90 Å². The molecule has 1 N–H and O–H groups in total. The number of aryl methyl sites for hydroxylation is 1. The number of sulfonamides is 1. The van der Waals surface area contributed by atoms with Gasteiger partial charge in [-0.05, 0) is 70.0 Å². The third kappa shape index (κ3) is 8.00. The SMILES string of the molecule is CCC(C(=O)NC(C)(C)C)N(Cc1c(Cl)cccc1Cl)C(=O)CN(c1ccc(Cl)cc1C)S(C)(=O)=O. The molecule has 1 unspecified atom stereocenters. The molecule has 0 heterocycles. The molecule has 36 heavy (non-hydrogen) atoms. The van der Waals surface area contributed by atoms with E-state index in [1.807, 2.05) is 20.8 Å². The summed E-state index contributed by atoms with van der Waals surface area (Å²) < 4.78 is 26.5. The highest BCUT2D eigenvalue weighted by Crippen LogP contribution is 2.29. The van der Waals surface area contributed by atoms with Gasteiger partial charge >= 0.3 is 0 Å². The molecular weight excluding hydrogens is 545 g/mol. The van der Waals surface area contributed by atoms with Crippen molar-refractivity contribution in [3.8, 4) is 0 Å². The molecule has 0 saturated carbocycles. The van der Waals surface area contributed by atoms with Gasteiger partial charge in [0.2, 0.25) is 21.8 Å². The van der Waals surface area contributed by atoms with Crippen LogP contribution in [0.3, 0.4) is 0 Å².